The zero-order valence-electron chi connectivity index (χ0n) is 10.9. The Kier molecular flexibility index (Phi) is 4.21. The quantitative estimate of drug-likeness (QED) is 0.748. The molecule has 0 amide bonds. The van der Waals surface area contributed by atoms with Gasteiger partial charge in [0.2, 0.25) is 0 Å². The molecule has 1 aliphatic heterocycles. The largest absolute Gasteiger partial charge is 0.478 e. The lowest BCUT2D eigenvalue weighted by atomic mass is 10.00. The molecule has 1 aliphatic rings. The smallest absolute Gasteiger partial charge is 0.337 e. The second kappa shape index (κ2) is 5.88. The van der Waals surface area contributed by atoms with Crippen LogP contribution < -0.4 is 11.1 Å². The molecule has 0 aliphatic carbocycles. The van der Waals surface area contributed by atoms with E-state index in [2.05, 4.69) is 17.2 Å². The van der Waals surface area contributed by atoms with Crippen molar-refractivity contribution in [3.8, 4) is 0 Å². The summed E-state index contributed by atoms with van der Waals surface area (Å²) in [6.45, 7) is 3.63. The zero-order valence-corrected chi connectivity index (χ0v) is 10.9. The molecule has 19 heavy (non-hydrogen) atoms. The minimum atomic E-state index is -1.04. The van der Waals surface area contributed by atoms with Crippen LogP contribution in [0.5, 0.6) is 0 Å². The summed E-state index contributed by atoms with van der Waals surface area (Å²) < 4.78 is 5.61. The van der Waals surface area contributed by atoms with Gasteiger partial charge >= 0.3 is 5.97 Å². The van der Waals surface area contributed by atoms with Crippen molar-refractivity contribution in [1.82, 2.24) is 4.98 Å². The minimum absolute atomic E-state index is 0.0761. The Balaban J connectivity index is 2.00. The number of rotatable bonds is 5. The number of pyridine rings is 1. The highest BCUT2D eigenvalue weighted by molar-refractivity contribution is 5.94. The molecule has 1 fully saturated rings. The van der Waals surface area contributed by atoms with Gasteiger partial charge < -0.3 is 20.9 Å². The number of nitrogens with one attached hydrogen (secondary N) is 1. The molecule has 2 heterocycles. The number of hydrogen-bond acceptors (Lipinski definition) is 5. The highest BCUT2D eigenvalue weighted by atomic mass is 16.5. The van der Waals surface area contributed by atoms with E-state index in [1.165, 1.54) is 12.3 Å². The number of hydrogen-bond donors (Lipinski definition) is 3. The molecule has 104 valence electrons. The topological polar surface area (TPSA) is 97.5 Å². The summed E-state index contributed by atoms with van der Waals surface area (Å²) in [4.78, 5) is 15.1. The van der Waals surface area contributed by atoms with Crippen LogP contribution in [0.4, 0.5) is 11.5 Å². The van der Waals surface area contributed by atoms with Gasteiger partial charge in [-0.05, 0) is 18.9 Å². The lowest BCUT2D eigenvalue weighted by molar-refractivity contribution is 0.0698. The van der Waals surface area contributed by atoms with Crippen molar-refractivity contribution in [2.75, 3.05) is 24.2 Å². The Labute approximate surface area is 112 Å². The van der Waals surface area contributed by atoms with Gasteiger partial charge in [-0.2, -0.15) is 0 Å². The predicted molar refractivity (Wildman–Crippen MR) is 72.2 cm³/mol. The van der Waals surface area contributed by atoms with Gasteiger partial charge in [-0.3, -0.25) is 0 Å². The summed E-state index contributed by atoms with van der Waals surface area (Å²) in [5.41, 5.74) is 5.81. The van der Waals surface area contributed by atoms with Gasteiger partial charge in [0.15, 0.2) is 0 Å². The molecule has 1 aromatic heterocycles. The van der Waals surface area contributed by atoms with Gasteiger partial charge in [-0.25, -0.2) is 9.78 Å². The molecule has 1 saturated heterocycles. The van der Waals surface area contributed by atoms with Crippen LogP contribution in [0.25, 0.3) is 0 Å². The van der Waals surface area contributed by atoms with Crippen molar-refractivity contribution < 1.29 is 14.6 Å². The van der Waals surface area contributed by atoms with E-state index in [4.69, 9.17) is 15.6 Å². The van der Waals surface area contributed by atoms with Gasteiger partial charge in [0.05, 0.1) is 23.6 Å². The number of carbonyl (C=O) groups is 1. The summed E-state index contributed by atoms with van der Waals surface area (Å²) in [6.07, 6.45) is 3.66. The van der Waals surface area contributed by atoms with Gasteiger partial charge in [0.25, 0.3) is 0 Å². The third-order valence-electron chi connectivity index (χ3n) is 3.46. The number of nitrogens with zero attached hydrogens (tertiary/aromatic N) is 1. The average Bonchev–Trinajstić information content (AvgIpc) is 2.84. The molecule has 2 atom stereocenters. The highest BCUT2D eigenvalue weighted by Gasteiger charge is 2.26. The maximum atomic E-state index is 11.0. The first-order valence-electron chi connectivity index (χ1n) is 6.46. The molecule has 0 bridgehead atoms. The molecule has 6 heteroatoms. The fourth-order valence-corrected chi connectivity index (χ4v) is 2.36. The summed E-state index contributed by atoms with van der Waals surface area (Å²) in [6, 6.07) is 1.47. The van der Waals surface area contributed by atoms with Crippen LogP contribution in [-0.4, -0.2) is 35.3 Å². The van der Waals surface area contributed by atoms with Crippen LogP contribution in [0.1, 0.15) is 30.1 Å². The fourth-order valence-electron chi connectivity index (χ4n) is 2.36. The van der Waals surface area contributed by atoms with Crippen molar-refractivity contribution in [3.05, 3.63) is 17.8 Å². The number of carboxylic acids is 1. The second-order valence-electron chi connectivity index (χ2n) is 4.71. The minimum Gasteiger partial charge on any atom is -0.478 e. The Morgan fingerprint density at radius 1 is 1.68 bits per heavy atom. The molecule has 6 nitrogen and oxygen atoms in total. The van der Waals surface area contributed by atoms with Crippen molar-refractivity contribution in [3.63, 3.8) is 0 Å². The molecule has 1 aromatic rings. The van der Waals surface area contributed by atoms with E-state index >= 15 is 0 Å². The van der Waals surface area contributed by atoms with Crippen molar-refractivity contribution in [2.24, 2.45) is 5.92 Å². The summed E-state index contributed by atoms with van der Waals surface area (Å²) in [5, 5.41) is 12.2. The summed E-state index contributed by atoms with van der Waals surface area (Å²) in [7, 11) is 0. The maximum absolute atomic E-state index is 11.0. The van der Waals surface area contributed by atoms with Crippen LogP contribution in [-0.2, 0) is 4.74 Å². The first-order valence-corrected chi connectivity index (χ1v) is 6.46. The number of nitrogens with two attached hydrogens (primary N) is 1. The van der Waals surface area contributed by atoms with Crippen molar-refractivity contribution in [2.45, 2.75) is 25.9 Å². The Hall–Kier alpha value is -1.82. The van der Waals surface area contributed by atoms with Crippen LogP contribution in [0.2, 0.25) is 0 Å². The van der Waals surface area contributed by atoms with E-state index in [-0.39, 0.29) is 17.4 Å². The third kappa shape index (κ3) is 3.14. The van der Waals surface area contributed by atoms with E-state index in [0.717, 1.165) is 26.0 Å². The monoisotopic (exact) mass is 265 g/mol. The van der Waals surface area contributed by atoms with Crippen LogP contribution in [0, 0.1) is 5.92 Å². The molecule has 0 spiro atoms. The number of nitrogen functional groups attached to an aromatic ring is 1. The van der Waals surface area contributed by atoms with Crippen LogP contribution >= 0.6 is 0 Å². The van der Waals surface area contributed by atoms with E-state index < -0.39 is 5.97 Å². The number of anilines is 2. The second-order valence-corrected chi connectivity index (χ2v) is 4.71. The SMILES string of the molecule is CCC1OCCC1CNc1cc(C(=O)O)c(N)cn1. The number of carboxylic acid groups (broad SMARTS) is 1. The van der Waals surface area contributed by atoms with Gasteiger partial charge in [-0.15, -0.1) is 0 Å². The highest BCUT2D eigenvalue weighted by Crippen LogP contribution is 2.24. The maximum Gasteiger partial charge on any atom is 0.337 e. The van der Waals surface area contributed by atoms with E-state index in [0.29, 0.717) is 11.7 Å². The first kappa shape index (κ1) is 13.6. The van der Waals surface area contributed by atoms with Gasteiger partial charge in [-0.1, -0.05) is 6.92 Å². The van der Waals surface area contributed by atoms with Crippen LogP contribution in [0.3, 0.4) is 0 Å². The normalized spacial score (nSPS) is 22.4. The molecule has 0 radical (unpaired) electrons. The molecular weight excluding hydrogens is 246 g/mol. The fraction of sp³-hybridized carbons (Fsp3) is 0.538. The summed E-state index contributed by atoms with van der Waals surface area (Å²) in [5.74, 6) is -0.0652. The molecule has 4 N–H and O–H groups in total. The zero-order chi connectivity index (χ0) is 13.8. The van der Waals surface area contributed by atoms with Crippen LogP contribution in [0.15, 0.2) is 12.3 Å². The standard InChI is InChI=1S/C13H19N3O3/c1-2-11-8(3-4-19-11)6-15-12-5-9(13(17)18)10(14)7-16-12/h5,7-8,11H,2-4,6,14H2,1H3,(H,15,16)(H,17,18). The third-order valence-corrected chi connectivity index (χ3v) is 3.46. The number of ether oxygens (including phenoxy) is 1. The van der Waals surface area contributed by atoms with Gasteiger partial charge in [0, 0.05) is 19.1 Å². The lowest BCUT2D eigenvalue weighted by Gasteiger charge is -2.17. The van der Waals surface area contributed by atoms with Crippen molar-refractivity contribution >= 4 is 17.5 Å². The number of aromatic nitrogens is 1. The Bertz CT molecular complexity index is 464. The lowest BCUT2D eigenvalue weighted by Crippen LogP contribution is -2.23. The van der Waals surface area contributed by atoms with E-state index in [1.54, 1.807) is 0 Å². The average molecular weight is 265 g/mol. The molecule has 2 unspecified atom stereocenters. The van der Waals surface area contributed by atoms with Crippen molar-refractivity contribution in [1.29, 1.82) is 0 Å². The molecule has 0 saturated carbocycles. The van der Waals surface area contributed by atoms with E-state index in [9.17, 15) is 4.79 Å². The predicted octanol–water partition coefficient (Wildman–Crippen LogP) is 1.59. The Morgan fingerprint density at radius 3 is 3.16 bits per heavy atom. The van der Waals surface area contributed by atoms with E-state index in [1.807, 2.05) is 0 Å². The van der Waals surface area contributed by atoms with Gasteiger partial charge in [0.1, 0.15) is 5.82 Å². The Morgan fingerprint density at radius 2 is 2.47 bits per heavy atom. The molecular formula is C13H19N3O3. The first-order chi connectivity index (χ1) is 9.11. The molecule has 0 aromatic carbocycles. The molecule has 2 rings (SSSR count). The number of aromatic carboxylic acids is 1. The summed E-state index contributed by atoms with van der Waals surface area (Å²) >= 11 is 0.